The number of nitrogens with zero attached hydrogens (tertiary/aromatic N) is 1. The van der Waals surface area contributed by atoms with Crippen LogP contribution < -0.4 is 0 Å². The quantitative estimate of drug-likeness (QED) is 0.694. The van der Waals surface area contributed by atoms with Crippen LogP contribution in [0.25, 0.3) is 0 Å². The van der Waals surface area contributed by atoms with E-state index in [2.05, 4.69) is 0 Å². The number of allylic oxidation sites excluding steroid dienone is 1. The van der Waals surface area contributed by atoms with Crippen molar-refractivity contribution >= 4 is 11.9 Å². The van der Waals surface area contributed by atoms with Gasteiger partial charge in [-0.1, -0.05) is 19.1 Å². The third-order valence-corrected chi connectivity index (χ3v) is 2.60. The summed E-state index contributed by atoms with van der Waals surface area (Å²) in [5, 5.41) is 18.2. The first-order chi connectivity index (χ1) is 7.36. The lowest BCUT2D eigenvalue weighted by Crippen LogP contribution is -2.31. The Hall–Kier alpha value is -1.78. The van der Waals surface area contributed by atoms with Crippen LogP contribution in [0.3, 0.4) is 0 Å². The van der Waals surface area contributed by atoms with E-state index >= 15 is 0 Å². The average Bonchev–Trinajstić information content (AvgIpc) is 2.15. The topological polar surface area (TPSA) is 77.8 Å². The van der Waals surface area contributed by atoms with Gasteiger partial charge in [0.15, 0.2) is 0 Å². The van der Waals surface area contributed by atoms with Crippen LogP contribution >= 0.6 is 0 Å². The molecule has 0 heterocycles. The van der Waals surface area contributed by atoms with E-state index < -0.39 is 17.9 Å². The van der Waals surface area contributed by atoms with Gasteiger partial charge in [0.2, 0.25) is 0 Å². The van der Waals surface area contributed by atoms with Crippen LogP contribution in [0.15, 0.2) is 23.4 Å². The molecule has 5 heteroatoms. The van der Waals surface area contributed by atoms with E-state index in [1.54, 1.807) is 32.0 Å². The van der Waals surface area contributed by atoms with Gasteiger partial charge in [-0.15, -0.1) is 0 Å². The molecule has 1 aliphatic carbocycles. The van der Waals surface area contributed by atoms with Gasteiger partial charge in [-0.2, -0.15) is 0 Å². The van der Waals surface area contributed by atoms with Gasteiger partial charge in [-0.05, 0) is 0 Å². The Balaban J connectivity index is 3.33. The fourth-order valence-electron chi connectivity index (χ4n) is 1.89. The number of aliphatic carboxylic acids is 2. The minimum atomic E-state index is -1.06. The SMILES string of the molecule is CC1C=CC(C(=O)O)C(N(C)C)=C1C(=O)O. The molecule has 0 aromatic rings. The van der Waals surface area contributed by atoms with Crippen molar-refractivity contribution in [1.82, 2.24) is 4.90 Å². The molecule has 0 bridgehead atoms. The first-order valence-electron chi connectivity index (χ1n) is 4.92. The Bertz CT molecular complexity index is 381. The summed E-state index contributed by atoms with van der Waals surface area (Å²) in [6.45, 7) is 1.74. The van der Waals surface area contributed by atoms with E-state index in [9.17, 15) is 9.59 Å². The molecule has 0 saturated heterocycles. The van der Waals surface area contributed by atoms with Gasteiger partial charge in [-0.25, -0.2) is 4.79 Å². The highest BCUT2D eigenvalue weighted by Gasteiger charge is 2.32. The van der Waals surface area contributed by atoms with Crippen molar-refractivity contribution in [2.24, 2.45) is 11.8 Å². The second-order valence-corrected chi connectivity index (χ2v) is 3.99. The molecular weight excluding hydrogens is 210 g/mol. The predicted molar refractivity (Wildman–Crippen MR) is 57.8 cm³/mol. The molecule has 2 atom stereocenters. The zero-order valence-corrected chi connectivity index (χ0v) is 9.47. The molecule has 1 rings (SSSR count). The second-order valence-electron chi connectivity index (χ2n) is 3.99. The highest BCUT2D eigenvalue weighted by molar-refractivity contribution is 5.91. The van der Waals surface area contributed by atoms with Gasteiger partial charge in [0.1, 0.15) is 5.92 Å². The van der Waals surface area contributed by atoms with E-state index in [0.717, 1.165) is 0 Å². The fourth-order valence-corrected chi connectivity index (χ4v) is 1.89. The lowest BCUT2D eigenvalue weighted by atomic mass is 9.86. The second kappa shape index (κ2) is 4.38. The summed E-state index contributed by atoms with van der Waals surface area (Å²) in [5.74, 6) is -3.25. The van der Waals surface area contributed by atoms with Crippen LogP contribution in [0.4, 0.5) is 0 Å². The molecule has 0 aromatic heterocycles. The lowest BCUT2D eigenvalue weighted by Gasteiger charge is -2.29. The van der Waals surface area contributed by atoms with E-state index in [0.29, 0.717) is 5.70 Å². The summed E-state index contributed by atoms with van der Waals surface area (Å²) in [7, 11) is 3.31. The third-order valence-electron chi connectivity index (χ3n) is 2.60. The van der Waals surface area contributed by atoms with Crippen molar-refractivity contribution in [3.8, 4) is 0 Å². The maximum absolute atomic E-state index is 11.1. The lowest BCUT2D eigenvalue weighted by molar-refractivity contribution is -0.139. The molecule has 2 unspecified atom stereocenters. The highest BCUT2D eigenvalue weighted by atomic mass is 16.4. The Morgan fingerprint density at radius 3 is 2.19 bits per heavy atom. The zero-order valence-electron chi connectivity index (χ0n) is 9.47. The maximum Gasteiger partial charge on any atom is 0.333 e. The Labute approximate surface area is 93.7 Å². The van der Waals surface area contributed by atoms with Gasteiger partial charge in [0.25, 0.3) is 0 Å². The monoisotopic (exact) mass is 225 g/mol. The zero-order chi connectivity index (χ0) is 12.5. The molecule has 88 valence electrons. The Kier molecular flexibility index (Phi) is 3.37. The van der Waals surface area contributed by atoms with Crippen LogP contribution in [-0.4, -0.2) is 41.1 Å². The molecule has 0 aliphatic heterocycles. The summed E-state index contributed by atoms with van der Waals surface area (Å²) in [6, 6.07) is 0. The van der Waals surface area contributed by atoms with Crippen LogP contribution in [0, 0.1) is 11.8 Å². The highest BCUT2D eigenvalue weighted by Crippen LogP contribution is 2.30. The molecule has 16 heavy (non-hydrogen) atoms. The number of carboxylic acid groups (broad SMARTS) is 2. The van der Waals surface area contributed by atoms with E-state index in [4.69, 9.17) is 10.2 Å². The van der Waals surface area contributed by atoms with Gasteiger partial charge >= 0.3 is 11.9 Å². The van der Waals surface area contributed by atoms with Crippen LogP contribution in [0.2, 0.25) is 0 Å². The van der Waals surface area contributed by atoms with Crippen LogP contribution in [0.5, 0.6) is 0 Å². The standard InChI is InChI=1S/C11H15NO4/c1-6-4-5-7(10(13)14)9(12(2)3)8(6)11(15)16/h4-7H,1-3H3,(H,13,14)(H,15,16). The van der Waals surface area contributed by atoms with Gasteiger partial charge in [-0.3, -0.25) is 4.79 Å². The van der Waals surface area contributed by atoms with Gasteiger partial charge in [0, 0.05) is 25.7 Å². The summed E-state index contributed by atoms with van der Waals surface area (Å²) in [6.07, 6.45) is 3.16. The number of rotatable bonds is 3. The third kappa shape index (κ3) is 2.08. The number of carboxylic acids is 2. The summed E-state index contributed by atoms with van der Waals surface area (Å²) >= 11 is 0. The molecule has 0 aromatic carbocycles. The largest absolute Gasteiger partial charge is 0.481 e. The van der Waals surface area contributed by atoms with E-state index in [1.165, 1.54) is 6.08 Å². The summed E-state index contributed by atoms with van der Waals surface area (Å²) in [5.41, 5.74) is 0.495. The smallest absolute Gasteiger partial charge is 0.333 e. The minimum absolute atomic E-state index is 0.153. The number of hydrogen-bond acceptors (Lipinski definition) is 3. The van der Waals surface area contributed by atoms with Crippen molar-refractivity contribution in [3.63, 3.8) is 0 Å². The van der Waals surface area contributed by atoms with Crippen molar-refractivity contribution in [2.45, 2.75) is 6.92 Å². The molecule has 0 spiro atoms. The Morgan fingerprint density at radius 2 is 1.81 bits per heavy atom. The van der Waals surface area contributed by atoms with Crippen LogP contribution in [-0.2, 0) is 9.59 Å². The minimum Gasteiger partial charge on any atom is -0.481 e. The molecule has 0 radical (unpaired) electrons. The summed E-state index contributed by atoms with van der Waals surface area (Å²) in [4.78, 5) is 23.7. The van der Waals surface area contributed by atoms with Crippen molar-refractivity contribution < 1.29 is 19.8 Å². The number of hydrogen-bond donors (Lipinski definition) is 2. The van der Waals surface area contributed by atoms with E-state index in [-0.39, 0.29) is 11.5 Å². The molecule has 0 fully saturated rings. The average molecular weight is 225 g/mol. The van der Waals surface area contributed by atoms with Gasteiger partial charge < -0.3 is 15.1 Å². The van der Waals surface area contributed by atoms with Crippen LogP contribution in [0.1, 0.15) is 6.92 Å². The molecular formula is C11H15NO4. The van der Waals surface area contributed by atoms with Gasteiger partial charge in [0.05, 0.1) is 5.57 Å². The fraction of sp³-hybridized carbons (Fsp3) is 0.455. The first kappa shape index (κ1) is 12.3. The summed E-state index contributed by atoms with van der Waals surface area (Å²) < 4.78 is 0. The first-order valence-corrected chi connectivity index (χ1v) is 4.92. The molecule has 0 saturated carbocycles. The molecule has 1 aliphatic rings. The molecule has 2 N–H and O–H groups in total. The predicted octanol–water partition coefficient (Wildman–Crippen LogP) is 0.793. The number of carbonyl (C=O) groups is 2. The normalized spacial score (nSPS) is 24.4. The molecule has 0 amide bonds. The maximum atomic E-state index is 11.1. The molecule has 5 nitrogen and oxygen atoms in total. The van der Waals surface area contributed by atoms with Crippen molar-refractivity contribution in [3.05, 3.63) is 23.4 Å². The Morgan fingerprint density at radius 1 is 1.25 bits per heavy atom. The van der Waals surface area contributed by atoms with E-state index in [1.807, 2.05) is 0 Å². The van der Waals surface area contributed by atoms with Crippen molar-refractivity contribution in [2.75, 3.05) is 14.1 Å². The van der Waals surface area contributed by atoms with Crippen molar-refractivity contribution in [1.29, 1.82) is 0 Å².